The molecule has 1 aromatic rings. The van der Waals surface area contributed by atoms with Crippen LogP contribution in [0.25, 0.3) is 0 Å². The Labute approximate surface area is 107 Å². The fourth-order valence-corrected chi connectivity index (χ4v) is 2.71. The zero-order valence-corrected chi connectivity index (χ0v) is 10.5. The zero-order valence-electron chi connectivity index (χ0n) is 10.5. The third kappa shape index (κ3) is 2.07. The molecule has 3 rings (SSSR count). The molecular weight excluding hydrogens is 229 g/mol. The van der Waals surface area contributed by atoms with Crippen LogP contribution in [-0.2, 0) is 0 Å². The lowest BCUT2D eigenvalue weighted by Crippen LogP contribution is -2.32. The highest BCUT2D eigenvalue weighted by atomic mass is 19.1. The maximum atomic E-state index is 14.1. The van der Waals surface area contributed by atoms with Crippen LogP contribution in [0.2, 0.25) is 0 Å². The van der Waals surface area contributed by atoms with E-state index in [4.69, 9.17) is 0 Å². The summed E-state index contributed by atoms with van der Waals surface area (Å²) in [7, 11) is 0. The summed E-state index contributed by atoms with van der Waals surface area (Å²) in [6.07, 6.45) is 3.66. The van der Waals surface area contributed by atoms with Crippen LogP contribution in [0.3, 0.4) is 0 Å². The van der Waals surface area contributed by atoms with Gasteiger partial charge in [-0.3, -0.25) is 4.99 Å². The van der Waals surface area contributed by atoms with Gasteiger partial charge in [0.15, 0.2) is 0 Å². The molecule has 0 unspecified atom stereocenters. The monoisotopic (exact) mass is 247 g/mol. The molecule has 0 aromatic heterocycles. The lowest BCUT2D eigenvalue weighted by Gasteiger charge is -2.30. The number of amidine groups is 1. The van der Waals surface area contributed by atoms with Crippen molar-refractivity contribution in [2.45, 2.75) is 19.3 Å². The second-order valence-electron chi connectivity index (χ2n) is 4.84. The van der Waals surface area contributed by atoms with E-state index in [1.165, 1.54) is 25.3 Å². The molecule has 0 radical (unpaired) electrons. The molecule has 2 aliphatic heterocycles. The Balaban J connectivity index is 1.99. The quantitative estimate of drug-likeness (QED) is 0.867. The van der Waals surface area contributed by atoms with E-state index in [0.29, 0.717) is 11.4 Å². The number of piperidine rings is 1. The van der Waals surface area contributed by atoms with Crippen LogP contribution in [0.1, 0.15) is 24.8 Å². The highest BCUT2D eigenvalue weighted by molar-refractivity contribution is 6.04. The molecule has 0 saturated carbocycles. The van der Waals surface area contributed by atoms with Crippen molar-refractivity contribution in [2.75, 3.05) is 31.1 Å². The molecule has 1 N–H and O–H groups in total. The highest BCUT2D eigenvalue weighted by Gasteiger charge is 2.21. The number of aliphatic imine (C=N–C) groups is 1. The van der Waals surface area contributed by atoms with Gasteiger partial charge in [0.25, 0.3) is 0 Å². The van der Waals surface area contributed by atoms with E-state index in [1.54, 1.807) is 6.07 Å². The molecule has 0 atom stereocenters. The SMILES string of the molecule is Fc1cccc(N2CCCCC2)c1C1=NCCN1. The number of anilines is 1. The van der Waals surface area contributed by atoms with E-state index in [1.807, 2.05) is 6.07 Å². The molecule has 0 spiro atoms. The number of rotatable bonds is 2. The number of benzene rings is 1. The minimum Gasteiger partial charge on any atom is -0.371 e. The van der Waals surface area contributed by atoms with Crippen molar-refractivity contribution in [1.29, 1.82) is 0 Å². The molecule has 0 bridgehead atoms. The lowest BCUT2D eigenvalue weighted by atomic mass is 10.1. The summed E-state index contributed by atoms with van der Waals surface area (Å²) < 4.78 is 14.1. The van der Waals surface area contributed by atoms with Gasteiger partial charge in [-0.2, -0.15) is 0 Å². The minimum absolute atomic E-state index is 0.175. The van der Waals surface area contributed by atoms with Gasteiger partial charge in [-0.05, 0) is 31.4 Å². The van der Waals surface area contributed by atoms with Gasteiger partial charge in [-0.25, -0.2) is 4.39 Å². The van der Waals surface area contributed by atoms with Crippen molar-refractivity contribution in [2.24, 2.45) is 4.99 Å². The second kappa shape index (κ2) is 4.96. The van der Waals surface area contributed by atoms with Crippen LogP contribution in [0.15, 0.2) is 23.2 Å². The molecule has 1 fully saturated rings. The first-order chi connectivity index (χ1) is 8.86. The largest absolute Gasteiger partial charge is 0.371 e. The second-order valence-corrected chi connectivity index (χ2v) is 4.84. The Morgan fingerprint density at radius 2 is 2.00 bits per heavy atom. The van der Waals surface area contributed by atoms with E-state index in [-0.39, 0.29) is 5.82 Å². The number of hydrogen-bond acceptors (Lipinski definition) is 3. The third-order valence-corrected chi connectivity index (χ3v) is 3.60. The van der Waals surface area contributed by atoms with Gasteiger partial charge >= 0.3 is 0 Å². The Hall–Kier alpha value is -1.58. The third-order valence-electron chi connectivity index (χ3n) is 3.60. The topological polar surface area (TPSA) is 27.6 Å². The Morgan fingerprint density at radius 1 is 1.17 bits per heavy atom. The van der Waals surface area contributed by atoms with Gasteiger partial charge in [0, 0.05) is 19.6 Å². The molecule has 1 aromatic carbocycles. The van der Waals surface area contributed by atoms with Crippen LogP contribution in [0, 0.1) is 5.82 Å². The summed E-state index contributed by atoms with van der Waals surface area (Å²) in [4.78, 5) is 6.64. The van der Waals surface area contributed by atoms with Crippen molar-refractivity contribution in [3.8, 4) is 0 Å². The van der Waals surface area contributed by atoms with Gasteiger partial charge in [0.05, 0.1) is 17.8 Å². The molecular formula is C14H18FN3. The minimum atomic E-state index is -0.175. The maximum absolute atomic E-state index is 14.1. The van der Waals surface area contributed by atoms with Gasteiger partial charge in [0.1, 0.15) is 11.7 Å². The molecule has 18 heavy (non-hydrogen) atoms. The van der Waals surface area contributed by atoms with Crippen molar-refractivity contribution >= 4 is 11.5 Å². The summed E-state index contributed by atoms with van der Waals surface area (Å²) in [5, 5.41) is 3.18. The van der Waals surface area contributed by atoms with Crippen LogP contribution >= 0.6 is 0 Å². The van der Waals surface area contributed by atoms with Crippen molar-refractivity contribution in [1.82, 2.24) is 5.32 Å². The fourth-order valence-electron chi connectivity index (χ4n) is 2.71. The van der Waals surface area contributed by atoms with E-state index in [2.05, 4.69) is 15.2 Å². The standard InChI is InChI=1S/C14H18FN3/c15-11-5-4-6-12(18-9-2-1-3-10-18)13(11)14-16-7-8-17-14/h4-6H,1-3,7-10H2,(H,16,17). The lowest BCUT2D eigenvalue weighted by molar-refractivity contribution is 0.573. The average Bonchev–Trinajstić information content (AvgIpc) is 2.93. The zero-order chi connectivity index (χ0) is 12.4. The van der Waals surface area contributed by atoms with Gasteiger partial charge in [-0.1, -0.05) is 6.07 Å². The highest BCUT2D eigenvalue weighted by Crippen LogP contribution is 2.27. The fraction of sp³-hybridized carbons (Fsp3) is 0.500. The molecule has 96 valence electrons. The van der Waals surface area contributed by atoms with Gasteiger partial charge < -0.3 is 10.2 Å². The van der Waals surface area contributed by atoms with E-state index in [0.717, 1.165) is 31.9 Å². The Morgan fingerprint density at radius 3 is 2.72 bits per heavy atom. The summed E-state index contributed by atoms with van der Waals surface area (Å²) >= 11 is 0. The molecule has 0 amide bonds. The number of halogens is 1. The average molecular weight is 247 g/mol. The summed E-state index contributed by atoms with van der Waals surface area (Å²) in [5.41, 5.74) is 1.64. The summed E-state index contributed by atoms with van der Waals surface area (Å²) in [5.74, 6) is 0.542. The van der Waals surface area contributed by atoms with E-state index >= 15 is 0 Å². The van der Waals surface area contributed by atoms with E-state index in [9.17, 15) is 4.39 Å². The van der Waals surface area contributed by atoms with Crippen LogP contribution < -0.4 is 10.2 Å². The molecule has 3 nitrogen and oxygen atoms in total. The van der Waals surface area contributed by atoms with Crippen molar-refractivity contribution in [3.05, 3.63) is 29.6 Å². The van der Waals surface area contributed by atoms with Crippen LogP contribution in [0.4, 0.5) is 10.1 Å². The first-order valence-electron chi connectivity index (χ1n) is 6.68. The summed E-state index contributed by atoms with van der Waals surface area (Å²) in [6, 6.07) is 5.32. The Kier molecular flexibility index (Phi) is 3.17. The van der Waals surface area contributed by atoms with Gasteiger partial charge in [0.2, 0.25) is 0 Å². The van der Waals surface area contributed by atoms with Crippen LogP contribution in [-0.4, -0.2) is 32.0 Å². The van der Waals surface area contributed by atoms with Crippen molar-refractivity contribution in [3.63, 3.8) is 0 Å². The van der Waals surface area contributed by atoms with E-state index < -0.39 is 0 Å². The first-order valence-corrected chi connectivity index (χ1v) is 6.68. The van der Waals surface area contributed by atoms with Gasteiger partial charge in [-0.15, -0.1) is 0 Å². The van der Waals surface area contributed by atoms with Crippen LogP contribution in [0.5, 0.6) is 0 Å². The first kappa shape index (κ1) is 11.5. The predicted molar refractivity (Wildman–Crippen MR) is 71.9 cm³/mol. The van der Waals surface area contributed by atoms with Crippen molar-refractivity contribution < 1.29 is 4.39 Å². The molecule has 1 saturated heterocycles. The maximum Gasteiger partial charge on any atom is 0.136 e. The number of nitrogens with one attached hydrogen (secondary N) is 1. The predicted octanol–water partition coefficient (Wildman–Crippen LogP) is 2.17. The molecule has 0 aliphatic carbocycles. The molecule has 4 heteroatoms. The number of hydrogen-bond donors (Lipinski definition) is 1. The Bertz CT molecular complexity index is 464. The summed E-state index contributed by atoms with van der Waals surface area (Å²) in [6.45, 7) is 3.58. The normalized spacial score (nSPS) is 19.6. The smallest absolute Gasteiger partial charge is 0.136 e. The molecule has 2 aliphatic rings. The molecule has 2 heterocycles. The number of nitrogens with zero attached hydrogens (tertiary/aromatic N) is 2.